The molecule has 0 atom stereocenters. The van der Waals surface area contributed by atoms with Crippen LogP contribution >= 0.6 is 0 Å². The van der Waals surface area contributed by atoms with Gasteiger partial charge in [-0.25, -0.2) is 13.1 Å². The molecule has 3 aromatic rings. The molecule has 0 aromatic heterocycles. The minimum Gasteiger partial charge on any atom is -0.495 e. The van der Waals surface area contributed by atoms with E-state index in [1.165, 1.54) is 13.2 Å². The van der Waals surface area contributed by atoms with Crippen LogP contribution in [0, 0.1) is 0 Å². The van der Waals surface area contributed by atoms with Gasteiger partial charge in [0.05, 0.1) is 18.5 Å². The van der Waals surface area contributed by atoms with E-state index in [0.29, 0.717) is 35.5 Å². The summed E-state index contributed by atoms with van der Waals surface area (Å²) in [7, 11) is -2.36. The normalized spacial score (nSPS) is 13.7. The summed E-state index contributed by atoms with van der Waals surface area (Å²) in [6.07, 6.45) is 1.30. The van der Waals surface area contributed by atoms with Crippen molar-refractivity contribution in [1.29, 1.82) is 0 Å². The van der Waals surface area contributed by atoms with E-state index in [-0.39, 0.29) is 29.0 Å². The van der Waals surface area contributed by atoms with Gasteiger partial charge in [0, 0.05) is 25.1 Å². The smallest absolute Gasteiger partial charge is 0.255 e. The molecule has 1 aliphatic rings. The van der Waals surface area contributed by atoms with Gasteiger partial charge in [0.25, 0.3) is 5.91 Å². The molecule has 8 nitrogen and oxygen atoms in total. The Kier molecular flexibility index (Phi) is 6.95. The van der Waals surface area contributed by atoms with E-state index in [4.69, 9.17) is 4.74 Å². The van der Waals surface area contributed by atoms with Gasteiger partial charge in [-0.05, 0) is 48.4 Å². The third-order valence-corrected chi connectivity index (χ3v) is 7.00. The molecule has 4 rings (SSSR count). The summed E-state index contributed by atoms with van der Waals surface area (Å²) in [6.45, 7) is 0.688. The first kappa shape index (κ1) is 23.5. The Morgan fingerprint density at radius 2 is 1.71 bits per heavy atom. The zero-order chi connectivity index (χ0) is 24.1. The van der Waals surface area contributed by atoms with Gasteiger partial charge in [0.15, 0.2) is 0 Å². The number of para-hydroxylation sites is 3. The number of nitrogens with one attached hydrogen (secondary N) is 2. The first-order chi connectivity index (χ1) is 16.4. The number of methoxy groups -OCH3 is 1. The molecule has 1 saturated heterocycles. The number of rotatable bonds is 8. The maximum atomic E-state index is 12.8. The molecule has 176 valence electrons. The van der Waals surface area contributed by atoms with Crippen molar-refractivity contribution in [2.24, 2.45) is 0 Å². The molecule has 0 bridgehead atoms. The molecule has 0 unspecified atom stereocenters. The highest BCUT2D eigenvalue weighted by molar-refractivity contribution is 7.89. The number of hydrogen-bond acceptors (Lipinski definition) is 5. The monoisotopic (exact) mass is 479 g/mol. The standard InChI is InChI=1S/C25H25N3O5S/c1-33-22-9-4-5-10-23(22)34(31,32)26-17-18-12-14-19(15-13-18)25(30)27-20-7-2-3-8-21(20)28-16-6-11-24(28)29/h2-5,7-10,12-15,26H,6,11,16-17H2,1H3,(H,27,30). The molecule has 1 heterocycles. The maximum Gasteiger partial charge on any atom is 0.255 e. The average Bonchev–Trinajstić information content (AvgIpc) is 3.29. The quantitative estimate of drug-likeness (QED) is 0.514. The number of hydrogen-bond donors (Lipinski definition) is 2. The van der Waals surface area contributed by atoms with Crippen molar-refractivity contribution >= 4 is 33.2 Å². The fourth-order valence-electron chi connectivity index (χ4n) is 3.78. The first-order valence-electron chi connectivity index (χ1n) is 10.8. The zero-order valence-electron chi connectivity index (χ0n) is 18.7. The highest BCUT2D eigenvalue weighted by Gasteiger charge is 2.24. The van der Waals surface area contributed by atoms with Crippen molar-refractivity contribution in [3.05, 3.63) is 83.9 Å². The highest BCUT2D eigenvalue weighted by Crippen LogP contribution is 2.29. The van der Waals surface area contributed by atoms with Crippen molar-refractivity contribution in [3.8, 4) is 5.75 Å². The van der Waals surface area contributed by atoms with Gasteiger partial charge in [-0.3, -0.25) is 9.59 Å². The third-order valence-electron chi connectivity index (χ3n) is 5.56. The molecule has 0 aliphatic carbocycles. The van der Waals surface area contributed by atoms with Crippen LogP contribution in [0.25, 0.3) is 0 Å². The number of benzene rings is 3. The Balaban J connectivity index is 1.42. The van der Waals surface area contributed by atoms with Crippen LogP contribution in [-0.2, 0) is 21.4 Å². The molecule has 1 aliphatic heterocycles. The van der Waals surface area contributed by atoms with E-state index in [0.717, 1.165) is 6.42 Å². The molecule has 1 fully saturated rings. The van der Waals surface area contributed by atoms with E-state index in [2.05, 4.69) is 10.0 Å². The lowest BCUT2D eigenvalue weighted by Gasteiger charge is -2.20. The topological polar surface area (TPSA) is 105 Å². The van der Waals surface area contributed by atoms with Gasteiger partial charge in [-0.1, -0.05) is 36.4 Å². The first-order valence-corrected chi connectivity index (χ1v) is 12.3. The summed E-state index contributed by atoms with van der Waals surface area (Å²) in [4.78, 5) is 26.7. The van der Waals surface area contributed by atoms with Crippen LogP contribution in [0.4, 0.5) is 11.4 Å². The largest absolute Gasteiger partial charge is 0.495 e. The molecule has 0 radical (unpaired) electrons. The summed E-state index contributed by atoms with van der Waals surface area (Å²) in [6, 6.07) is 20.2. The van der Waals surface area contributed by atoms with Gasteiger partial charge in [-0.2, -0.15) is 0 Å². The van der Waals surface area contributed by atoms with Crippen molar-refractivity contribution in [3.63, 3.8) is 0 Å². The van der Waals surface area contributed by atoms with Crippen LogP contribution in [0.3, 0.4) is 0 Å². The number of carbonyl (C=O) groups excluding carboxylic acids is 2. The van der Waals surface area contributed by atoms with E-state index in [1.54, 1.807) is 59.5 Å². The summed E-state index contributed by atoms with van der Waals surface area (Å²) in [5, 5.41) is 2.88. The van der Waals surface area contributed by atoms with Gasteiger partial charge in [0.2, 0.25) is 15.9 Å². The van der Waals surface area contributed by atoms with Gasteiger partial charge in [-0.15, -0.1) is 0 Å². The number of anilines is 2. The summed E-state index contributed by atoms with van der Waals surface area (Å²) in [5.41, 5.74) is 2.36. The Morgan fingerprint density at radius 3 is 2.41 bits per heavy atom. The molecule has 9 heteroatoms. The lowest BCUT2D eigenvalue weighted by atomic mass is 10.1. The fourth-order valence-corrected chi connectivity index (χ4v) is 4.97. The molecule has 0 saturated carbocycles. The molecule has 34 heavy (non-hydrogen) atoms. The van der Waals surface area contributed by atoms with Crippen LogP contribution in [0.15, 0.2) is 77.7 Å². The SMILES string of the molecule is COc1ccccc1S(=O)(=O)NCc1ccc(C(=O)Nc2ccccc2N2CCCC2=O)cc1. The predicted molar refractivity (Wildman–Crippen MR) is 129 cm³/mol. The highest BCUT2D eigenvalue weighted by atomic mass is 32.2. The Bertz CT molecular complexity index is 1310. The Labute approximate surface area is 198 Å². The lowest BCUT2D eigenvalue weighted by Crippen LogP contribution is -2.25. The van der Waals surface area contributed by atoms with Crippen LogP contribution in [0.2, 0.25) is 0 Å². The molecule has 2 N–H and O–H groups in total. The van der Waals surface area contributed by atoms with Crippen LogP contribution < -0.4 is 19.7 Å². The van der Waals surface area contributed by atoms with Crippen LogP contribution in [0.1, 0.15) is 28.8 Å². The minimum atomic E-state index is -3.77. The second kappa shape index (κ2) is 10.1. The zero-order valence-corrected chi connectivity index (χ0v) is 19.5. The second-order valence-electron chi connectivity index (χ2n) is 7.79. The van der Waals surface area contributed by atoms with E-state index < -0.39 is 10.0 Å². The number of carbonyl (C=O) groups is 2. The van der Waals surface area contributed by atoms with Crippen molar-refractivity contribution in [2.75, 3.05) is 23.9 Å². The average molecular weight is 480 g/mol. The van der Waals surface area contributed by atoms with Crippen LogP contribution in [-0.4, -0.2) is 33.9 Å². The minimum absolute atomic E-state index is 0.0432. The van der Waals surface area contributed by atoms with Gasteiger partial charge in [0.1, 0.15) is 10.6 Å². The molecular weight excluding hydrogens is 454 g/mol. The van der Waals surface area contributed by atoms with Crippen molar-refractivity contribution < 1.29 is 22.7 Å². The Hall–Kier alpha value is -3.69. The van der Waals surface area contributed by atoms with E-state index in [1.807, 2.05) is 12.1 Å². The number of sulfonamides is 1. The summed E-state index contributed by atoms with van der Waals surface area (Å²) in [5.74, 6) is -0.0141. The number of nitrogens with zero attached hydrogens (tertiary/aromatic N) is 1. The second-order valence-corrected chi connectivity index (χ2v) is 9.53. The molecule has 2 amide bonds. The number of amides is 2. The van der Waals surface area contributed by atoms with E-state index in [9.17, 15) is 18.0 Å². The van der Waals surface area contributed by atoms with Crippen LogP contribution in [0.5, 0.6) is 5.75 Å². The Morgan fingerprint density at radius 1 is 1.00 bits per heavy atom. The lowest BCUT2D eigenvalue weighted by molar-refractivity contribution is -0.117. The summed E-state index contributed by atoms with van der Waals surface area (Å²) >= 11 is 0. The van der Waals surface area contributed by atoms with E-state index >= 15 is 0 Å². The van der Waals surface area contributed by atoms with Crippen molar-refractivity contribution in [2.45, 2.75) is 24.3 Å². The molecule has 0 spiro atoms. The van der Waals surface area contributed by atoms with Crippen molar-refractivity contribution in [1.82, 2.24) is 4.72 Å². The third kappa shape index (κ3) is 5.11. The summed E-state index contributed by atoms with van der Waals surface area (Å²) < 4.78 is 33.0. The molecule has 3 aromatic carbocycles. The van der Waals surface area contributed by atoms with Gasteiger partial charge < -0.3 is 15.0 Å². The number of ether oxygens (including phenoxy) is 1. The predicted octanol–water partition coefficient (Wildman–Crippen LogP) is 3.55. The molecular formula is C25H25N3O5S. The van der Waals surface area contributed by atoms with Gasteiger partial charge >= 0.3 is 0 Å². The maximum absolute atomic E-state index is 12.8. The fraction of sp³-hybridized carbons (Fsp3) is 0.200.